The highest BCUT2D eigenvalue weighted by Crippen LogP contribution is 1.92. The van der Waals surface area contributed by atoms with Crippen molar-refractivity contribution in [3.8, 4) is 0 Å². The second-order valence-corrected chi connectivity index (χ2v) is 1.80. The molecule has 0 aliphatic rings. The first-order valence-corrected chi connectivity index (χ1v) is 3.16. The highest BCUT2D eigenvalue weighted by Gasteiger charge is 2.02. The lowest BCUT2D eigenvalue weighted by Gasteiger charge is -2.01. The largest absolute Gasteiger partial charge is 0.412 e. The van der Waals surface area contributed by atoms with Crippen LogP contribution in [0.4, 0.5) is 0 Å². The average molecular weight is 158 g/mol. The Kier molecular flexibility index (Phi) is 7.98. The molecule has 0 bridgehead atoms. The van der Waals surface area contributed by atoms with Crippen LogP contribution < -0.4 is 0 Å². The van der Waals surface area contributed by atoms with Crippen LogP contribution in [-0.2, 0) is 15.5 Å². The van der Waals surface area contributed by atoms with E-state index in [1.54, 1.807) is 6.92 Å². The minimum atomic E-state index is -2.35. The van der Waals surface area contributed by atoms with Gasteiger partial charge >= 0.3 is 11.4 Å². The molecule has 0 heterocycles. The molecule has 0 aromatic carbocycles. The molecule has 5 nitrogen and oxygen atoms in total. The van der Waals surface area contributed by atoms with Crippen molar-refractivity contribution >= 4 is 11.4 Å². The van der Waals surface area contributed by atoms with Crippen molar-refractivity contribution < 1.29 is 23.5 Å². The van der Waals surface area contributed by atoms with E-state index in [9.17, 15) is 4.21 Å². The van der Waals surface area contributed by atoms with Crippen molar-refractivity contribution in [3.05, 3.63) is 0 Å². The van der Waals surface area contributed by atoms with Gasteiger partial charge in [-0.2, -0.15) is 4.21 Å². The topological polar surface area (TPSA) is 98.3 Å². The molecular formula is C3H10O5S. The zero-order chi connectivity index (χ0) is 6.57. The molecule has 0 aliphatic carbocycles. The van der Waals surface area contributed by atoms with E-state index in [2.05, 4.69) is 4.18 Å². The van der Waals surface area contributed by atoms with Crippen molar-refractivity contribution in [2.24, 2.45) is 0 Å². The second-order valence-electron chi connectivity index (χ2n) is 1.18. The molecule has 0 aromatic heterocycles. The summed E-state index contributed by atoms with van der Waals surface area (Å²) in [6, 6.07) is 0. The molecule has 0 aromatic rings. The van der Waals surface area contributed by atoms with Gasteiger partial charge in [0.2, 0.25) is 0 Å². The Morgan fingerprint density at radius 3 is 2.33 bits per heavy atom. The van der Waals surface area contributed by atoms with Gasteiger partial charge in [0, 0.05) is 0 Å². The smallest absolute Gasteiger partial charge is 0.304 e. The number of hydrogen-bond acceptors (Lipinski definition) is 3. The predicted molar refractivity (Wildman–Crippen MR) is 31.8 cm³/mol. The van der Waals surface area contributed by atoms with E-state index in [4.69, 9.17) is 9.66 Å². The maximum Gasteiger partial charge on any atom is 0.304 e. The fraction of sp³-hybridized carbons (Fsp3) is 1.00. The van der Waals surface area contributed by atoms with E-state index < -0.39 is 17.7 Å². The first-order chi connectivity index (χ1) is 3.66. The van der Waals surface area contributed by atoms with Gasteiger partial charge in [-0.1, -0.05) is 6.92 Å². The Balaban J connectivity index is 0. The van der Waals surface area contributed by atoms with E-state index in [-0.39, 0.29) is 5.48 Å². The van der Waals surface area contributed by atoms with Gasteiger partial charge in [-0.15, -0.1) is 0 Å². The molecule has 6 heteroatoms. The highest BCUT2D eigenvalue weighted by molar-refractivity contribution is 7.74. The lowest BCUT2D eigenvalue weighted by molar-refractivity contribution is -0.0148. The minimum absolute atomic E-state index is 0. The maximum atomic E-state index is 9.70. The SMILES string of the molecule is CCC(O)OS(=O)O.O. The van der Waals surface area contributed by atoms with Gasteiger partial charge in [-0.05, 0) is 6.42 Å². The summed E-state index contributed by atoms with van der Waals surface area (Å²) in [5.74, 6) is 0. The van der Waals surface area contributed by atoms with Crippen molar-refractivity contribution in [2.45, 2.75) is 19.6 Å². The van der Waals surface area contributed by atoms with Crippen LogP contribution in [0, 0.1) is 0 Å². The summed E-state index contributed by atoms with van der Waals surface area (Å²) in [6.07, 6.45) is -0.812. The molecule has 2 atom stereocenters. The van der Waals surface area contributed by atoms with Crippen LogP contribution in [0.2, 0.25) is 0 Å². The monoisotopic (exact) mass is 158 g/mol. The molecule has 0 fully saturated rings. The Morgan fingerprint density at radius 2 is 2.22 bits per heavy atom. The van der Waals surface area contributed by atoms with Crippen LogP contribution in [0.3, 0.4) is 0 Å². The first kappa shape index (κ1) is 11.7. The van der Waals surface area contributed by atoms with Gasteiger partial charge in [-0.25, -0.2) is 4.18 Å². The minimum Gasteiger partial charge on any atom is -0.412 e. The summed E-state index contributed by atoms with van der Waals surface area (Å²) in [7, 11) is 0. The Labute approximate surface area is 55.4 Å². The average Bonchev–Trinajstić information content (AvgIpc) is 1.65. The molecule has 58 valence electrons. The standard InChI is InChI=1S/C3H8O4S.H2O/c1-2-3(4)7-8(5)6;/h3-4H,2H2,1H3,(H,5,6);1H2. The Morgan fingerprint density at radius 1 is 1.78 bits per heavy atom. The summed E-state index contributed by atoms with van der Waals surface area (Å²) in [6.45, 7) is 1.64. The van der Waals surface area contributed by atoms with E-state index in [0.717, 1.165) is 0 Å². The lowest BCUT2D eigenvalue weighted by atomic mass is 10.5. The Hall–Kier alpha value is -0.0100. The predicted octanol–water partition coefficient (Wildman–Crippen LogP) is -0.957. The van der Waals surface area contributed by atoms with Crippen LogP contribution in [0.15, 0.2) is 0 Å². The molecule has 2 unspecified atom stereocenters. The summed E-state index contributed by atoms with van der Waals surface area (Å²) in [5.41, 5.74) is 0. The molecular weight excluding hydrogens is 148 g/mol. The van der Waals surface area contributed by atoms with Gasteiger partial charge in [0.05, 0.1) is 0 Å². The molecule has 4 N–H and O–H groups in total. The molecule has 0 rings (SSSR count). The third kappa shape index (κ3) is 7.99. The quantitative estimate of drug-likeness (QED) is 0.408. The van der Waals surface area contributed by atoms with E-state index in [0.29, 0.717) is 6.42 Å². The second kappa shape index (κ2) is 6.12. The number of hydrogen-bond donors (Lipinski definition) is 2. The summed E-state index contributed by atoms with van der Waals surface area (Å²) >= 11 is -2.35. The normalized spacial score (nSPS) is 15.9. The van der Waals surface area contributed by atoms with Crippen LogP contribution in [0.5, 0.6) is 0 Å². The fourth-order valence-electron chi connectivity index (χ4n) is 0.163. The lowest BCUT2D eigenvalue weighted by Crippen LogP contribution is -2.11. The third-order valence-electron chi connectivity index (χ3n) is 0.543. The number of aliphatic hydroxyl groups is 1. The van der Waals surface area contributed by atoms with Crippen LogP contribution >= 0.6 is 0 Å². The molecule has 0 saturated heterocycles. The van der Waals surface area contributed by atoms with Crippen LogP contribution in [0.25, 0.3) is 0 Å². The van der Waals surface area contributed by atoms with Gasteiger partial charge in [0.1, 0.15) is 0 Å². The van der Waals surface area contributed by atoms with Crippen molar-refractivity contribution in [1.29, 1.82) is 0 Å². The zero-order valence-electron chi connectivity index (χ0n) is 4.90. The maximum absolute atomic E-state index is 9.70. The van der Waals surface area contributed by atoms with E-state index in [1.165, 1.54) is 0 Å². The molecule has 0 amide bonds. The number of rotatable bonds is 3. The zero-order valence-corrected chi connectivity index (χ0v) is 5.72. The summed E-state index contributed by atoms with van der Waals surface area (Å²) in [5, 5.41) is 8.45. The van der Waals surface area contributed by atoms with Crippen molar-refractivity contribution in [2.75, 3.05) is 0 Å². The van der Waals surface area contributed by atoms with E-state index >= 15 is 0 Å². The van der Waals surface area contributed by atoms with Crippen LogP contribution in [-0.4, -0.2) is 25.6 Å². The Bertz CT molecular complexity index is 84.3. The van der Waals surface area contributed by atoms with Gasteiger partial charge < -0.3 is 10.6 Å². The third-order valence-corrected chi connectivity index (χ3v) is 0.929. The van der Waals surface area contributed by atoms with Gasteiger partial charge in [-0.3, -0.25) is 4.55 Å². The molecule has 0 saturated carbocycles. The fourth-order valence-corrected chi connectivity index (χ4v) is 0.489. The first-order valence-electron chi connectivity index (χ1n) is 2.13. The summed E-state index contributed by atoms with van der Waals surface area (Å²) < 4.78 is 21.6. The van der Waals surface area contributed by atoms with Crippen LogP contribution in [0.1, 0.15) is 13.3 Å². The van der Waals surface area contributed by atoms with Gasteiger partial charge in [0.15, 0.2) is 6.29 Å². The molecule has 9 heavy (non-hydrogen) atoms. The highest BCUT2D eigenvalue weighted by atomic mass is 32.2. The van der Waals surface area contributed by atoms with Crippen molar-refractivity contribution in [3.63, 3.8) is 0 Å². The summed E-state index contributed by atoms with van der Waals surface area (Å²) in [4.78, 5) is 0. The van der Waals surface area contributed by atoms with Gasteiger partial charge in [0.25, 0.3) is 0 Å². The molecule has 0 radical (unpaired) electrons. The molecule has 0 spiro atoms. The van der Waals surface area contributed by atoms with Crippen molar-refractivity contribution in [1.82, 2.24) is 0 Å². The van der Waals surface area contributed by atoms with E-state index in [1.807, 2.05) is 0 Å². The number of aliphatic hydroxyl groups excluding tert-OH is 1. The molecule has 0 aliphatic heterocycles.